The fraction of sp³-hybridized carbons (Fsp3) is 0.241. The Morgan fingerprint density at radius 1 is 0.414 bits per heavy atom. The summed E-state index contributed by atoms with van der Waals surface area (Å²) >= 11 is 0. The summed E-state index contributed by atoms with van der Waals surface area (Å²) < 4.78 is 0. The molecule has 0 aromatic heterocycles. The lowest BCUT2D eigenvalue weighted by molar-refractivity contribution is 0.591. The Kier molecular flexibility index (Phi) is 7.15. The van der Waals surface area contributed by atoms with E-state index in [0.29, 0.717) is 0 Å². The summed E-state index contributed by atoms with van der Waals surface area (Å²) in [6, 6.07) is 48.4. The third-order valence-electron chi connectivity index (χ3n) is 13.9. The maximum Gasteiger partial charge on any atom is 0.0159 e. The minimum Gasteiger partial charge on any atom is -0.0613 e. The van der Waals surface area contributed by atoms with Crippen LogP contribution in [-0.4, -0.2) is 0 Å². The van der Waals surface area contributed by atoms with Crippen LogP contribution in [0.1, 0.15) is 95.7 Å². The number of aryl methyl sites for hydroxylation is 2. The third-order valence-corrected chi connectivity index (χ3v) is 13.9. The molecule has 0 saturated heterocycles. The second-order valence-electron chi connectivity index (χ2n) is 20.2. The first-order valence-electron chi connectivity index (χ1n) is 21.4. The first-order chi connectivity index (χ1) is 27.6. The van der Waals surface area contributed by atoms with Crippen LogP contribution in [0.25, 0.3) is 98.0 Å². The predicted octanol–water partition coefficient (Wildman–Crippen LogP) is 16.6. The predicted molar refractivity (Wildman–Crippen MR) is 254 cm³/mol. The van der Waals surface area contributed by atoms with Gasteiger partial charge in [0.25, 0.3) is 0 Å². The minimum absolute atomic E-state index is 0.0395. The fourth-order valence-corrected chi connectivity index (χ4v) is 10.7. The molecule has 11 rings (SSSR count). The van der Waals surface area contributed by atoms with Gasteiger partial charge in [-0.3, -0.25) is 0 Å². The quantitative estimate of drug-likeness (QED) is 0.158. The van der Waals surface area contributed by atoms with E-state index < -0.39 is 0 Å². The van der Waals surface area contributed by atoms with Crippen molar-refractivity contribution in [3.05, 3.63) is 155 Å². The largest absolute Gasteiger partial charge is 0.0613 e. The van der Waals surface area contributed by atoms with Gasteiger partial charge in [-0.2, -0.15) is 0 Å². The van der Waals surface area contributed by atoms with Crippen LogP contribution >= 0.6 is 0 Å². The summed E-state index contributed by atoms with van der Waals surface area (Å²) in [7, 11) is 0. The van der Waals surface area contributed by atoms with Crippen LogP contribution in [0, 0.1) is 6.92 Å². The molecule has 0 heteroatoms. The Bertz CT molecular complexity index is 3350. The summed E-state index contributed by atoms with van der Waals surface area (Å²) in [6.07, 6.45) is 1.03. The molecule has 0 atom stereocenters. The Morgan fingerprint density at radius 3 is 1.38 bits per heavy atom. The molecule has 1 aliphatic rings. The summed E-state index contributed by atoms with van der Waals surface area (Å²) in [6.45, 7) is 23.4. The zero-order valence-corrected chi connectivity index (χ0v) is 35.8. The van der Waals surface area contributed by atoms with E-state index in [9.17, 15) is 0 Å². The molecular formula is C58H52. The zero-order valence-electron chi connectivity index (χ0n) is 35.8. The van der Waals surface area contributed by atoms with Gasteiger partial charge < -0.3 is 0 Å². The molecule has 10 aromatic rings. The van der Waals surface area contributed by atoms with Gasteiger partial charge in [-0.15, -0.1) is 0 Å². The highest BCUT2D eigenvalue weighted by atomic mass is 14.4. The van der Waals surface area contributed by atoms with Crippen LogP contribution in [0.2, 0.25) is 0 Å². The van der Waals surface area contributed by atoms with Gasteiger partial charge >= 0.3 is 0 Å². The van der Waals surface area contributed by atoms with Crippen molar-refractivity contribution in [2.45, 2.75) is 91.9 Å². The van der Waals surface area contributed by atoms with Gasteiger partial charge in [0.2, 0.25) is 0 Å². The van der Waals surface area contributed by atoms with Crippen LogP contribution < -0.4 is 0 Å². The summed E-state index contributed by atoms with van der Waals surface area (Å²) in [5.41, 5.74) is 16.2. The van der Waals surface area contributed by atoms with Gasteiger partial charge in [0.15, 0.2) is 0 Å². The number of hydrogen-bond acceptors (Lipinski definition) is 0. The van der Waals surface area contributed by atoms with Crippen molar-refractivity contribution in [2.24, 2.45) is 0 Å². The van der Waals surface area contributed by atoms with Crippen LogP contribution in [0.15, 0.2) is 121 Å². The Labute approximate surface area is 343 Å². The summed E-state index contributed by atoms with van der Waals surface area (Å²) in [5.74, 6) is 0. The molecule has 0 N–H and O–H groups in total. The SMILES string of the molecule is CCc1cc2ccc3cc(C(C)(C)C)cc4c(-c5ccc6c(c5)C(C)(C)c5cc(-c7cc8cc(C(C)(C)C)cc9ccc%10cc(C)cc7c%10c98)ccc5-6)cc(c1)c2c34. The second-order valence-corrected chi connectivity index (χ2v) is 20.2. The molecule has 0 saturated carbocycles. The fourth-order valence-electron chi connectivity index (χ4n) is 10.7. The maximum atomic E-state index is 2.53. The van der Waals surface area contributed by atoms with Crippen molar-refractivity contribution in [1.82, 2.24) is 0 Å². The summed E-state index contributed by atoms with van der Waals surface area (Å²) in [4.78, 5) is 0. The van der Waals surface area contributed by atoms with Gasteiger partial charge in [0.05, 0.1) is 0 Å². The van der Waals surface area contributed by atoms with Crippen LogP contribution in [0.3, 0.4) is 0 Å². The Balaban J connectivity index is 1.11. The second kappa shape index (κ2) is 11.7. The summed E-state index contributed by atoms with van der Waals surface area (Å²) in [5, 5.41) is 16.3. The van der Waals surface area contributed by atoms with Crippen LogP contribution in [-0.2, 0) is 22.7 Å². The van der Waals surface area contributed by atoms with Gasteiger partial charge in [0.1, 0.15) is 0 Å². The molecule has 0 unspecified atom stereocenters. The zero-order chi connectivity index (χ0) is 40.2. The number of hydrogen-bond donors (Lipinski definition) is 0. The standard InChI is InChI=1S/C58H52/c1-11-33-22-37-13-15-39-25-43(57(6,7)8)31-49-47(27-40(23-33)52(37)55(39)49)35-17-19-45-44-18-16-34(29-50(44)58(9,10)51(45)30-35)46-28-41-26-42(56(3,4)5)24-38-14-12-36-20-32(2)21-48(46)54(36)53(38)41/h12-31H,11H2,1-10H3. The average Bonchev–Trinajstić information content (AvgIpc) is 3.41. The molecule has 0 radical (unpaired) electrons. The molecule has 0 bridgehead atoms. The van der Waals surface area contributed by atoms with Crippen molar-refractivity contribution in [3.8, 4) is 33.4 Å². The average molecular weight is 749 g/mol. The highest BCUT2D eigenvalue weighted by Crippen LogP contribution is 2.53. The number of rotatable bonds is 3. The Hall–Kier alpha value is -5.72. The topological polar surface area (TPSA) is 0 Å². The molecule has 58 heavy (non-hydrogen) atoms. The lowest BCUT2D eigenvalue weighted by Crippen LogP contribution is -2.15. The molecular weight excluding hydrogens is 697 g/mol. The van der Waals surface area contributed by atoms with E-state index in [0.717, 1.165) is 6.42 Å². The molecule has 0 aliphatic heterocycles. The number of fused-ring (bicyclic) bond motifs is 3. The van der Waals surface area contributed by atoms with E-state index in [1.165, 1.54) is 131 Å². The van der Waals surface area contributed by atoms with E-state index >= 15 is 0 Å². The van der Waals surface area contributed by atoms with E-state index in [2.05, 4.69) is 191 Å². The molecule has 0 spiro atoms. The first-order valence-corrected chi connectivity index (χ1v) is 21.4. The van der Waals surface area contributed by atoms with E-state index in [1.807, 2.05) is 0 Å². The normalized spacial score (nSPS) is 14.2. The highest BCUT2D eigenvalue weighted by molar-refractivity contribution is 6.28. The molecule has 1 aliphatic carbocycles. The van der Waals surface area contributed by atoms with E-state index in [-0.39, 0.29) is 16.2 Å². The molecule has 0 heterocycles. The van der Waals surface area contributed by atoms with E-state index in [1.54, 1.807) is 0 Å². The molecule has 0 nitrogen and oxygen atoms in total. The maximum absolute atomic E-state index is 2.53. The van der Waals surface area contributed by atoms with Gasteiger partial charge in [-0.1, -0.05) is 153 Å². The van der Waals surface area contributed by atoms with Gasteiger partial charge in [-0.05, 0) is 186 Å². The molecule has 284 valence electrons. The van der Waals surface area contributed by atoms with Crippen molar-refractivity contribution < 1.29 is 0 Å². The number of benzene rings is 10. The van der Waals surface area contributed by atoms with Crippen LogP contribution in [0.5, 0.6) is 0 Å². The monoisotopic (exact) mass is 748 g/mol. The minimum atomic E-state index is -0.170. The van der Waals surface area contributed by atoms with E-state index in [4.69, 9.17) is 0 Å². The lowest BCUT2D eigenvalue weighted by Gasteiger charge is -2.25. The smallest absolute Gasteiger partial charge is 0.0159 e. The molecule has 0 fully saturated rings. The van der Waals surface area contributed by atoms with Crippen molar-refractivity contribution >= 4 is 64.6 Å². The van der Waals surface area contributed by atoms with Gasteiger partial charge in [-0.25, -0.2) is 0 Å². The van der Waals surface area contributed by atoms with Crippen molar-refractivity contribution in [1.29, 1.82) is 0 Å². The van der Waals surface area contributed by atoms with Crippen molar-refractivity contribution in [2.75, 3.05) is 0 Å². The Morgan fingerprint density at radius 2 is 0.845 bits per heavy atom. The molecule has 10 aromatic carbocycles. The first kappa shape index (κ1) is 35.4. The van der Waals surface area contributed by atoms with Crippen LogP contribution in [0.4, 0.5) is 0 Å². The van der Waals surface area contributed by atoms with Gasteiger partial charge in [0, 0.05) is 5.41 Å². The highest BCUT2D eigenvalue weighted by Gasteiger charge is 2.36. The van der Waals surface area contributed by atoms with Crippen molar-refractivity contribution in [3.63, 3.8) is 0 Å². The third kappa shape index (κ3) is 5.00. The molecule has 0 amide bonds. The lowest BCUT2D eigenvalue weighted by atomic mass is 9.79.